The Hall–Kier alpha value is -1.02. The predicted octanol–water partition coefficient (Wildman–Crippen LogP) is 2.67. The maximum atomic E-state index is 9.40. The van der Waals surface area contributed by atoms with Crippen molar-refractivity contribution in [2.24, 2.45) is 0 Å². The van der Waals surface area contributed by atoms with E-state index in [2.05, 4.69) is 19.9 Å². The summed E-state index contributed by atoms with van der Waals surface area (Å²) in [6.07, 6.45) is 1.04. The minimum absolute atomic E-state index is 0.103. The van der Waals surface area contributed by atoms with Gasteiger partial charge in [0.25, 0.3) is 0 Å². The van der Waals surface area contributed by atoms with Crippen LogP contribution in [-0.2, 0) is 4.74 Å². The van der Waals surface area contributed by atoms with E-state index in [4.69, 9.17) is 4.74 Å². The Bertz CT molecular complexity index is 331. The summed E-state index contributed by atoms with van der Waals surface area (Å²) >= 11 is 0. The molecular formula is C12H16O2. The van der Waals surface area contributed by atoms with E-state index < -0.39 is 0 Å². The minimum atomic E-state index is -0.103. The van der Waals surface area contributed by atoms with Crippen molar-refractivity contribution < 1.29 is 9.84 Å². The highest BCUT2D eigenvalue weighted by atomic mass is 16.5. The summed E-state index contributed by atoms with van der Waals surface area (Å²) in [5.41, 5.74) is 1.07. The van der Waals surface area contributed by atoms with Crippen molar-refractivity contribution in [2.45, 2.75) is 31.8 Å². The second kappa shape index (κ2) is 3.28. The Kier molecular flexibility index (Phi) is 2.23. The van der Waals surface area contributed by atoms with E-state index >= 15 is 0 Å². The van der Waals surface area contributed by atoms with E-state index in [0.717, 1.165) is 13.0 Å². The number of aromatic hydroxyl groups is 1. The van der Waals surface area contributed by atoms with E-state index in [9.17, 15) is 5.11 Å². The van der Waals surface area contributed by atoms with E-state index in [-0.39, 0.29) is 5.60 Å². The third-order valence-corrected chi connectivity index (χ3v) is 2.99. The van der Waals surface area contributed by atoms with Gasteiger partial charge in [-0.1, -0.05) is 12.1 Å². The molecule has 1 aliphatic rings. The fraction of sp³-hybridized carbons (Fsp3) is 0.500. The van der Waals surface area contributed by atoms with Crippen molar-refractivity contribution >= 4 is 0 Å². The molecule has 0 radical (unpaired) electrons. The molecule has 0 aromatic heterocycles. The zero-order chi connectivity index (χ0) is 10.2. The Morgan fingerprint density at radius 2 is 2.21 bits per heavy atom. The molecule has 1 aromatic rings. The highest BCUT2D eigenvalue weighted by Gasteiger charge is 2.36. The van der Waals surface area contributed by atoms with Crippen molar-refractivity contribution in [1.29, 1.82) is 0 Å². The average Bonchev–Trinajstić information content (AvgIpc) is 2.45. The van der Waals surface area contributed by atoms with Crippen LogP contribution in [0, 0.1) is 0 Å². The standard InChI is InChI=1S/C12H16O2/c1-12(2)11(6-7-14-12)9-4-3-5-10(13)8-9/h3-5,8,11,13H,6-7H2,1-2H3. The first-order chi connectivity index (χ1) is 6.59. The normalized spacial score (nSPS) is 25.1. The fourth-order valence-electron chi connectivity index (χ4n) is 2.20. The SMILES string of the molecule is CC1(C)OCCC1c1cccc(O)c1. The first-order valence-corrected chi connectivity index (χ1v) is 5.02. The molecule has 2 rings (SSSR count). The summed E-state index contributed by atoms with van der Waals surface area (Å²) in [5.74, 6) is 0.736. The van der Waals surface area contributed by atoms with Crippen molar-refractivity contribution in [3.63, 3.8) is 0 Å². The van der Waals surface area contributed by atoms with Crippen LogP contribution in [0.25, 0.3) is 0 Å². The lowest BCUT2D eigenvalue weighted by atomic mass is 9.84. The van der Waals surface area contributed by atoms with Crippen LogP contribution in [0.1, 0.15) is 31.7 Å². The van der Waals surface area contributed by atoms with Gasteiger partial charge in [0.1, 0.15) is 5.75 Å². The lowest BCUT2D eigenvalue weighted by Crippen LogP contribution is -2.25. The molecule has 2 nitrogen and oxygen atoms in total. The van der Waals surface area contributed by atoms with E-state index in [1.54, 1.807) is 6.07 Å². The highest BCUT2D eigenvalue weighted by molar-refractivity contribution is 5.31. The van der Waals surface area contributed by atoms with Crippen LogP contribution in [0.3, 0.4) is 0 Å². The fourth-order valence-corrected chi connectivity index (χ4v) is 2.20. The number of ether oxygens (including phenoxy) is 1. The molecule has 14 heavy (non-hydrogen) atoms. The Morgan fingerprint density at radius 1 is 1.43 bits per heavy atom. The lowest BCUT2D eigenvalue weighted by molar-refractivity contribution is 0.0271. The molecule has 1 aromatic carbocycles. The van der Waals surface area contributed by atoms with Crippen molar-refractivity contribution in [1.82, 2.24) is 0 Å². The van der Waals surface area contributed by atoms with E-state index in [0.29, 0.717) is 11.7 Å². The molecular weight excluding hydrogens is 176 g/mol. The first-order valence-electron chi connectivity index (χ1n) is 5.02. The van der Waals surface area contributed by atoms with Crippen LogP contribution in [-0.4, -0.2) is 17.3 Å². The summed E-state index contributed by atoms with van der Waals surface area (Å²) in [4.78, 5) is 0. The van der Waals surface area contributed by atoms with Crippen LogP contribution in [0.4, 0.5) is 0 Å². The molecule has 1 fully saturated rings. The van der Waals surface area contributed by atoms with Crippen LogP contribution in [0.15, 0.2) is 24.3 Å². The summed E-state index contributed by atoms with van der Waals surface area (Å²) in [6, 6.07) is 7.48. The summed E-state index contributed by atoms with van der Waals surface area (Å²) < 4.78 is 5.67. The monoisotopic (exact) mass is 192 g/mol. The predicted molar refractivity (Wildman–Crippen MR) is 55.5 cm³/mol. The number of hydrogen-bond donors (Lipinski definition) is 1. The quantitative estimate of drug-likeness (QED) is 0.741. The molecule has 0 spiro atoms. The molecule has 0 aliphatic carbocycles. The Labute approximate surface area is 84.5 Å². The van der Waals surface area contributed by atoms with Crippen molar-refractivity contribution in [3.05, 3.63) is 29.8 Å². The van der Waals surface area contributed by atoms with Gasteiger partial charge in [0, 0.05) is 12.5 Å². The number of phenolic OH excluding ortho intramolecular Hbond substituents is 1. The van der Waals surface area contributed by atoms with Gasteiger partial charge in [0.05, 0.1) is 5.60 Å². The van der Waals surface area contributed by atoms with Gasteiger partial charge in [-0.3, -0.25) is 0 Å². The minimum Gasteiger partial charge on any atom is -0.508 e. The molecule has 1 atom stereocenters. The van der Waals surface area contributed by atoms with Gasteiger partial charge in [0.2, 0.25) is 0 Å². The lowest BCUT2D eigenvalue weighted by Gasteiger charge is -2.26. The van der Waals surface area contributed by atoms with E-state index in [1.807, 2.05) is 12.1 Å². The number of phenols is 1. The topological polar surface area (TPSA) is 29.5 Å². The average molecular weight is 192 g/mol. The summed E-state index contributed by atoms with van der Waals surface area (Å²) in [6.45, 7) is 5.02. The maximum Gasteiger partial charge on any atom is 0.115 e. The molecule has 0 saturated carbocycles. The zero-order valence-corrected chi connectivity index (χ0v) is 8.66. The number of rotatable bonds is 1. The third-order valence-electron chi connectivity index (χ3n) is 2.99. The number of benzene rings is 1. The van der Waals surface area contributed by atoms with Crippen LogP contribution in [0.5, 0.6) is 5.75 Å². The molecule has 1 saturated heterocycles. The van der Waals surface area contributed by atoms with Gasteiger partial charge in [-0.25, -0.2) is 0 Å². The molecule has 2 heteroatoms. The van der Waals surface area contributed by atoms with Crippen molar-refractivity contribution in [3.8, 4) is 5.75 Å². The zero-order valence-electron chi connectivity index (χ0n) is 8.66. The smallest absolute Gasteiger partial charge is 0.115 e. The summed E-state index contributed by atoms with van der Waals surface area (Å²) in [7, 11) is 0. The van der Waals surface area contributed by atoms with Gasteiger partial charge in [-0.2, -0.15) is 0 Å². The molecule has 1 unspecified atom stereocenters. The highest BCUT2D eigenvalue weighted by Crippen LogP contribution is 2.40. The molecule has 0 amide bonds. The van der Waals surface area contributed by atoms with Crippen LogP contribution in [0.2, 0.25) is 0 Å². The second-order valence-electron chi connectivity index (χ2n) is 4.39. The van der Waals surface area contributed by atoms with Gasteiger partial charge in [-0.05, 0) is 38.0 Å². The molecule has 1 heterocycles. The Morgan fingerprint density at radius 3 is 2.79 bits per heavy atom. The van der Waals surface area contributed by atoms with Crippen LogP contribution >= 0.6 is 0 Å². The van der Waals surface area contributed by atoms with Gasteiger partial charge in [0.15, 0.2) is 0 Å². The molecule has 1 N–H and O–H groups in total. The summed E-state index contributed by atoms with van der Waals surface area (Å²) in [5, 5.41) is 9.40. The Balaban J connectivity index is 2.31. The second-order valence-corrected chi connectivity index (χ2v) is 4.39. The van der Waals surface area contributed by atoms with E-state index in [1.165, 1.54) is 5.56 Å². The first kappa shape index (κ1) is 9.53. The molecule has 0 bridgehead atoms. The third kappa shape index (κ3) is 1.62. The molecule has 76 valence electrons. The van der Waals surface area contributed by atoms with Crippen LogP contribution < -0.4 is 0 Å². The largest absolute Gasteiger partial charge is 0.508 e. The van der Waals surface area contributed by atoms with Crippen molar-refractivity contribution in [2.75, 3.05) is 6.61 Å². The number of hydrogen-bond acceptors (Lipinski definition) is 2. The molecule has 1 aliphatic heterocycles. The van der Waals surface area contributed by atoms with Gasteiger partial charge >= 0.3 is 0 Å². The maximum absolute atomic E-state index is 9.40. The van der Waals surface area contributed by atoms with Gasteiger partial charge in [-0.15, -0.1) is 0 Å². The van der Waals surface area contributed by atoms with Gasteiger partial charge < -0.3 is 9.84 Å².